The highest BCUT2D eigenvalue weighted by Crippen LogP contribution is 2.19. The van der Waals surface area contributed by atoms with E-state index in [4.69, 9.17) is 23.8 Å². The summed E-state index contributed by atoms with van der Waals surface area (Å²) in [4.78, 5) is 14.5. The summed E-state index contributed by atoms with van der Waals surface area (Å²) in [6.45, 7) is 2.36. The Balaban J connectivity index is 1.60. The number of sulfonamides is 1. The molecule has 7 nitrogen and oxygen atoms in total. The average Bonchev–Trinajstić information content (AvgIpc) is 2.69. The maximum atomic E-state index is 12.7. The van der Waals surface area contributed by atoms with E-state index in [0.717, 1.165) is 0 Å². The minimum atomic E-state index is -3.52. The number of rotatable bonds is 4. The third-order valence-corrected chi connectivity index (χ3v) is 6.91. The van der Waals surface area contributed by atoms with Crippen LogP contribution in [0.2, 0.25) is 5.02 Å². The largest absolute Gasteiger partial charge is 0.332 e. The van der Waals surface area contributed by atoms with Gasteiger partial charge < -0.3 is 10.2 Å². The van der Waals surface area contributed by atoms with E-state index in [9.17, 15) is 13.2 Å². The molecule has 10 heteroatoms. The first kappa shape index (κ1) is 21.7. The van der Waals surface area contributed by atoms with Gasteiger partial charge in [0.25, 0.3) is 5.91 Å². The van der Waals surface area contributed by atoms with E-state index in [1.807, 2.05) is 7.05 Å². The van der Waals surface area contributed by atoms with Crippen molar-refractivity contribution in [1.29, 1.82) is 0 Å². The zero-order chi connectivity index (χ0) is 21.0. The van der Waals surface area contributed by atoms with Crippen molar-refractivity contribution < 1.29 is 13.2 Å². The third kappa shape index (κ3) is 5.52. The zero-order valence-corrected chi connectivity index (χ0v) is 18.1. The zero-order valence-electron chi connectivity index (χ0n) is 15.8. The van der Waals surface area contributed by atoms with Crippen molar-refractivity contribution in [3.05, 3.63) is 59.1 Å². The molecule has 0 bridgehead atoms. The van der Waals surface area contributed by atoms with Gasteiger partial charge in [0.1, 0.15) is 0 Å². The Morgan fingerprint density at radius 3 is 2.17 bits per heavy atom. The van der Waals surface area contributed by atoms with Crippen LogP contribution in [0.4, 0.5) is 5.69 Å². The van der Waals surface area contributed by atoms with Crippen molar-refractivity contribution in [2.75, 3.05) is 38.5 Å². The number of hydrogen-bond acceptors (Lipinski definition) is 5. The Bertz CT molecular complexity index is 987. The molecule has 0 aliphatic carbocycles. The second-order valence-electron chi connectivity index (χ2n) is 6.65. The molecule has 0 spiro atoms. The van der Waals surface area contributed by atoms with Crippen LogP contribution < -0.4 is 10.6 Å². The van der Waals surface area contributed by atoms with Crippen molar-refractivity contribution in [2.45, 2.75) is 4.90 Å². The average molecular weight is 453 g/mol. The Hall–Kier alpha value is -2.04. The minimum Gasteiger partial charge on any atom is -0.332 e. The van der Waals surface area contributed by atoms with Gasteiger partial charge in [0.05, 0.1) is 4.90 Å². The van der Waals surface area contributed by atoms with Gasteiger partial charge in [0, 0.05) is 42.5 Å². The number of piperazine rings is 1. The molecule has 29 heavy (non-hydrogen) atoms. The highest BCUT2D eigenvalue weighted by molar-refractivity contribution is 7.89. The van der Waals surface area contributed by atoms with Crippen molar-refractivity contribution in [1.82, 2.24) is 14.5 Å². The van der Waals surface area contributed by atoms with Gasteiger partial charge in [-0.25, -0.2) is 8.42 Å². The molecule has 3 rings (SSSR count). The molecule has 154 valence electrons. The van der Waals surface area contributed by atoms with Crippen molar-refractivity contribution >= 4 is 50.5 Å². The molecular weight excluding hydrogens is 432 g/mol. The standard InChI is InChI=1S/C19H21ClN4O3S2/c1-23-10-12-24(13-11-23)29(26,27)17-8-6-16(7-9-17)21-19(28)22-18(25)14-2-4-15(20)5-3-14/h2-9H,10-13H2,1H3,(H2,21,22,25,28). The summed E-state index contributed by atoms with van der Waals surface area (Å²) >= 11 is 11.0. The lowest BCUT2D eigenvalue weighted by molar-refractivity contribution is 0.0977. The molecular formula is C19H21ClN4O3S2. The number of thiocarbonyl (C=S) groups is 1. The van der Waals surface area contributed by atoms with Gasteiger partial charge in [-0.2, -0.15) is 4.31 Å². The van der Waals surface area contributed by atoms with E-state index < -0.39 is 10.0 Å². The molecule has 0 saturated carbocycles. The summed E-state index contributed by atoms with van der Waals surface area (Å²) in [6, 6.07) is 12.7. The number of nitrogens with zero attached hydrogens (tertiary/aromatic N) is 2. The summed E-state index contributed by atoms with van der Waals surface area (Å²) in [5.74, 6) is -0.367. The molecule has 1 heterocycles. The van der Waals surface area contributed by atoms with E-state index in [0.29, 0.717) is 42.5 Å². The fourth-order valence-electron chi connectivity index (χ4n) is 2.83. The van der Waals surface area contributed by atoms with E-state index >= 15 is 0 Å². The number of carbonyl (C=O) groups is 1. The molecule has 1 amide bonds. The van der Waals surface area contributed by atoms with Crippen LogP contribution >= 0.6 is 23.8 Å². The minimum absolute atomic E-state index is 0.111. The molecule has 2 aromatic carbocycles. The molecule has 1 aliphatic rings. The fraction of sp³-hybridized carbons (Fsp3) is 0.263. The van der Waals surface area contributed by atoms with Crippen molar-refractivity contribution in [2.24, 2.45) is 0 Å². The number of carbonyl (C=O) groups excluding carboxylic acids is 1. The van der Waals surface area contributed by atoms with Crippen LogP contribution in [-0.4, -0.2) is 61.9 Å². The number of halogens is 1. The van der Waals surface area contributed by atoms with E-state index in [-0.39, 0.29) is 15.9 Å². The molecule has 0 unspecified atom stereocenters. The van der Waals surface area contributed by atoms with Crippen LogP contribution in [0.25, 0.3) is 0 Å². The topological polar surface area (TPSA) is 81.8 Å². The lowest BCUT2D eigenvalue weighted by Crippen LogP contribution is -2.46. The lowest BCUT2D eigenvalue weighted by atomic mass is 10.2. The normalized spacial score (nSPS) is 15.7. The first-order chi connectivity index (χ1) is 13.8. The predicted molar refractivity (Wildman–Crippen MR) is 118 cm³/mol. The predicted octanol–water partition coefficient (Wildman–Crippen LogP) is 2.40. The second-order valence-corrected chi connectivity index (χ2v) is 9.43. The van der Waals surface area contributed by atoms with E-state index in [2.05, 4.69) is 15.5 Å². The van der Waals surface area contributed by atoms with Gasteiger partial charge in [0.2, 0.25) is 10.0 Å². The quantitative estimate of drug-likeness (QED) is 0.693. The maximum absolute atomic E-state index is 12.7. The first-order valence-electron chi connectivity index (χ1n) is 8.92. The summed E-state index contributed by atoms with van der Waals surface area (Å²) < 4.78 is 27.0. The number of nitrogens with one attached hydrogen (secondary N) is 2. The molecule has 0 atom stereocenters. The highest BCUT2D eigenvalue weighted by Gasteiger charge is 2.27. The van der Waals surface area contributed by atoms with Crippen LogP contribution in [0.3, 0.4) is 0 Å². The van der Waals surface area contributed by atoms with E-state index in [1.165, 1.54) is 16.4 Å². The molecule has 0 radical (unpaired) electrons. The molecule has 2 N–H and O–H groups in total. The monoisotopic (exact) mass is 452 g/mol. The van der Waals surface area contributed by atoms with Gasteiger partial charge in [0.15, 0.2) is 5.11 Å². The SMILES string of the molecule is CN1CCN(S(=O)(=O)c2ccc(NC(=S)NC(=O)c3ccc(Cl)cc3)cc2)CC1. The number of hydrogen-bond donors (Lipinski definition) is 2. The van der Waals surface area contributed by atoms with Gasteiger partial charge in [-0.1, -0.05) is 11.6 Å². The number of benzene rings is 2. The van der Waals surface area contributed by atoms with Crippen LogP contribution in [0.5, 0.6) is 0 Å². The fourth-order valence-corrected chi connectivity index (χ4v) is 4.59. The lowest BCUT2D eigenvalue weighted by Gasteiger charge is -2.31. The Kier molecular flexibility index (Phi) is 6.86. The highest BCUT2D eigenvalue weighted by atomic mass is 35.5. The van der Waals surface area contributed by atoms with Crippen LogP contribution in [0, 0.1) is 0 Å². The molecule has 1 aliphatic heterocycles. The van der Waals surface area contributed by atoms with Gasteiger partial charge in [-0.05, 0) is 67.8 Å². The Morgan fingerprint density at radius 2 is 1.59 bits per heavy atom. The summed E-state index contributed by atoms with van der Waals surface area (Å²) in [6.07, 6.45) is 0. The summed E-state index contributed by atoms with van der Waals surface area (Å²) in [7, 11) is -1.55. The number of likely N-dealkylation sites (N-methyl/N-ethyl adjacent to an activating group) is 1. The Morgan fingerprint density at radius 1 is 1.00 bits per heavy atom. The second kappa shape index (κ2) is 9.19. The smallest absolute Gasteiger partial charge is 0.257 e. The van der Waals surface area contributed by atoms with Crippen LogP contribution in [0.1, 0.15) is 10.4 Å². The third-order valence-electron chi connectivity index (χ3n) is 4.55. The Labute approximate surface area is 180 Å². The molecule has 0 aromatic heterocycles. The van der Waals surface area contributed by atoms with Crippen LogP contribution in [0.15, 0.2) is 53.4 Å². The number of amides is 1. The van der Waals surface area contributed by atoms with Gasteiger partial charge in [-0.3, -0.25) is 10.1 Å². The number of anilines is 1. The molecule has 1 fully saturated rings. The van der Waals surface area contributed by atoms with Gasteiger partial charge >= 0.3 is 0 Å². The summed E-state index contributed by atoms with van der Waals surface area (Å²) in [5.41, 5.74) is 0.996. The molecule has 1 saturated heterocycles. The van der Waals surface area contributed by atoms with Crippen molar-refractivity contribution in [3.8, 4) is 0 Å². The van der Waals surface area contributed by atoms with Crippen LogP contribution in [-0.2, 0) is 10.0 Å². The maximum Gasteiger partial charge on any atom is 0.257 e. The van der Waals surface area contributed by atoms with E-state index in [1.54, 1.807) is 36.4 Å². The summed E-state index contributed by atoms with van der Waals surface area (Å²) in [5, 5.41) is 6.10. The van der Waals surface area contributed by atoms with Gasteiger partial charge in [-0.15, -0.1) is 0 Å². The van der Waals surface area contributed by atoms with Crippen molar-refractivity contribution in [3.63, 3.8) is 0 Å². The first-order valence-corrected chi connectivity index (χ1v) is 11.1. The molecule has 2 aromatic rings.